The van der Waals surface area contributed by atoms with E-state index in [-0.39, 0.29) is 23.4 Å². The van der Waals surface area contributed by atoms with Gasteiger partial charge in [-0.2, -0.15) is 4.39 Å². The van der Waals surface area contributed by atoms with Crippen LogP contribution in [0.25, 0.3) is 0 Å². The van der Waals surface area contributed by atoms with E-state index in [2.05, 4.69) is 58.7 Å². The van der Waals surface area contributed by atoms with Crippen molar-refractivity contribution in [2.24, 2.45) is 0 Å². The first-order valence-corrected chi connectivity index (χ1v) is 15.8. The van der Waals surface area contributed by atoms with Crippen molar-refractivity contribution in [1.82, 2.24) is 9.80 Å². The molecule has 49 heavy (non-hydrogen) atoms. The van der Waals surface area contributed by atoms with Gasteiger partial charge in [-0.15, -0.1) is 0 Å². The van der Waals surface area contributed by atoms with Crippen molar-refractivity contribution < 1.29 is 33.4 Å². The molecule has 0 aliphatic carbocycles. The average molecular weight is 660 g/mol. The van der Waals surface area contributed by atoms with Crippen LogP contribution in [-0.4, -0.2) is 64.7 Å². The van der Waals surface area contributed by atoms with Crippen LogP contribution >= 0.6 is 0 Å². The third kappa shape index (κ3) is 7.77. The van der Waals surface area contributed by atoms with Crippen LogP contribution in [-0.2, 0) is 9.59 Å². The first-order valence-electron chi connectivity index (χ1n) is 15.8. The summed E-state index contributed by atoms with van der Waals surface area (Å²) in [6.07, 6.45) is 0. The molecule has 0 saturated carbocycles. The molecule has 5 aromatic carbocycles. The number of halogens is 1. The highest BCUT2D eigenvalue weighted by molar-refractivity contribution is 6.10. The molecular formula is C39H34FN3O6. The predicted octanol–water partition coefficient (Wildman–Crippen LogP) is 6.79. The Hall–Kier alpha value is -6.00. The normalized spacial score (nSPS) is 14.4. The molecule has 9 nitrogen and oxygen atoms in total. The molecule has 248 valence electrons. The molecule has 2 amide bonds. The highest BCUT2D eigenvalue weighted by atomic mass is 19.2. The number of nitrogens with zero attached hydrogens (tertiary/aromatic N) is 2. The van der Waals surface area contributed by atoms with Gasteiger partial charge in [-0.25, -0.2) is 4.79 Å². The van der Waals surface area contributed by atoms with Crippen LogP contribution in [0, 0.1) is 0 Å². The SMILES string of the molecule is O=C(c1ccc(Oc2ccc(NC(=O)C(F)(Oc3ccccc3)C(=O)O)cc2)cc1)N1CCN(C(c2ccccc2)c2ccccc2)CC1. The summed E-state index contributed by atoms with van der Waals surface area (Å²) in [4.78, 5) is 41.8. The number of aliphatic carboxylic acids is 1. The standard InChI is InChI=1S/C39H34FN3O6/c40-39(38(46)47,49-34-14-8-3-9-15-34)37(45)41-31-18-22-33(23-19-31)48-32-20-16-30(17-21-32)36(44)43-26-24-42(25-27-43)35(28-10-4-1-5-11-28)29-12-6-2-7-13-29/h1-23,35H,24-27H2,(H,41,45)(H,46,47). The number of ether oxygens (including phenoxy) is 2. The fourth-order valence-corrected chi connectivity index (χ4v) is 5.71. The quantitative estimate of drug-likeness (QED) is 0.150. The van der Waals surface area contributed by atoms with E-state index in [9.17, 15) is 19.5 Å². The van der Waals surface area contributed by atoms with Crippen LogP contribution in [0.15, 0.2) is 140 Å². The molecule has 10 heteroatoms. The van der Waals surface area contributed by atoms with E-state index in [1.54, 1.807) is 30.3 Å². The number of hydrogen-bond donors (Lipinski definition) is 2. The van der Waals surface area contributed by atoms with Crippen molar-refractivity contribution in [2.75, 3.05) is 31.5 Å². The van der Waals surface area contributed by atoms with Crippen molar-refractivity contribution in [3.8, 4) is 17.2 Å². The molecule has 1 fully saturated rings. The van der Waals surface area contributed by atoms with E-state index in [1.165, 1.54) is 59.7 Å². The van der Waals surface area contributed by atoms with E-state index in [0.717, 1.165) is 13.1 Å². The van der Waals surface area contributed by atoms with E-state index < -0.39 is 17.7 Å². The Morgan fingerprint density at radius 2 is 1.14 bits per heavy atom. The molecule has 1 unspecified atom stereocenters. The zero-order valence-corrected chi connectivity index (χ0v) is 26.4. The summed E-state index contributed by atoms with van der Waals surface area (Å²) in [5.41, 5.74) is 3.12. The maximum absolute atomic E-state index is 15.1. The second-order valence-corrected chi connectivity index (χ2v) is 11.5. The number of alkyl halides is 1. The largest absolute Gasteiger partial charge is 0.476 e. The molecule has 6 rings (SSSR count). The smallest absolute Gasteiger partial charge is 0.425 e. The van der Waals surface area contributed by atoms with Crippen LogP contribution in [0.1, 0.15) is 27.5 Å². The van der Waals surface area contributed by atoms with Gasteiger partial charge in [-0.1, -0.05) is 78.9 Å². The Bertz CT molecular complexity index is 1830. The van der Waals surface area contributed by atoms with Crippen LogP contribution < -0.4 is 14.8 Å². The van der Waals surface area contributed by atoms with E-state index in [4.69, 9.17) is 9.47 Å². The minimum atomic E-state index is -3.64. The summed E-state index contributed by atoms with van der Waals surface area (Å²) in [5.74, 6) is -6.50. The Kier molecular flexibility index (Phi) is 9.96. The molecule has 0 aromatic heterocycles. The van der Waals surface area contributed by atoms with Crippen molar-refractivity contribution in [2.45, 2.75) is 11.9 Å². The average Bonchev–Trinajstić information content (AvgIpc) is 3.14. The monoisotopic (exact) mass is 659 g/mol. The number of hydrogen-bond acceptors (Lipinski definition) is 6. The summed E-state index contributed by atoms with van der Waals surface area (Å²) < 4.78 is 25.9. The minimum Gasteiger partial charge on any atom is -0.476 e. The Morgan fingerprint density at radius 3 is 1.65 bits per heavy atom. The zero-order chi connectivity index (χ0) is 34.2. The number of carbonyl (C=O) groups is 3. The molecule has 2 N–H and O–H groups in total. The molecule has 5 aromatic rings. The molecule has 1 aliphatic rings. The van der Waals surface area contributed by atoms with Crippen molar-refractivity contribution in [1.29, 1.82) is 0 Å². The molecular weight excluding hydrogens is 625 g/mol. The van der Waals surface area contributed by atoms with E-state index >= 15 is 4.39 Å². The molecule has 0 radical (unpaired) electrons. The fourth-order valence-electron chi connectivity index (χ4n) is 5.71. The van der Waals surface area contributed by atoms with Gasteiger partial charge in [0, 0.05) is 37.4 Å². The highest BCUT2D eigenvalue weighted by Gasteiger charge is 2.50. The van der Waals surface area contributed by atoms with Gasteiger partial charge in [0.25, 0.3) is 5.91 Å². The van der Waals surface area contributed by atoms with Gasteiger partial charge in [0.05, 0.1) is 6.04 Å². The summed E-state index contributed by atoms with van der Waals surface area (Å²) in [7, 11) is 0. The Morgan fingerprint density at radius 1 is 0.653 bits per heavy atom. The second kappa shape index (κ2) is 14.8. The number of anilines is 1. The van der Waals surface area contributed by atoms with E-state index in [1.807, 2.05) is 17.0 Å². The summed E-state index contributed by atoms with van der Waals surface area (Å²) in [6.45, 7) is 2.68. The van der Waals surface area contributed by atoms with Gasteiger partial charge >= 0.3 is 17.7 Å². The molecule has 1 aliphatic heterocycles. The number of benzene rings is 5. The summed E-state index contributed by atoms with van der Waals surface area (Å²) in [5, 5.41) is 11.6. The van der Waals surface area contributed by atoms with Crippen molar-refractivity contribution in [3.05, 3.63) is 156 Å². The number of carbonyl (C=O) groups excluding carboxylic acids is 2. The minimum absolute atomic E-state index is 0.0520. The predicted molar refractivity (Wildman–Crippen MR) is 182 cm³/mol. The number of carboxylic acid groups (broad SMARTS) is 1. The van der Waals surface area contributed by atoms with Crippen molar-refractivity contribution >= 4 is 23.5 Å². The first kappa shape index (κ1) is 32.9. The molecule has 0 spiro atoms. The lowest BCUT2D eigenvalue weighted by Gasteiger charge is -2.39. The van der Waals surface area contributed by atoms with Gasteiger partial charge in [-0.05, 0) is 71.8 Å². The van der Waals surface area contributed by atoms with Gasteiger partial charge in [0.2, 0.25) is 0 Å². The van der Waals surface area contributed by atoms with Gasteiger partial charge in [-0.3, -0.25) is 14.5 Å². The van der Waals surface area contributed by atoms with Crippen LogP contribution in [0.2, 0.25) is 0 Å². The highest BCUT2D eigenvalue weighted by Crippen LogP contribution is 2.30. The third-order valence-electron chi connectivity index (χ3n) is 8.22. The fraction of sp³-hybridized carbons (Fsp3) is 0.154. The van der Waals surface area contributed by atoms with Gasteiger partial charge in [0.1, 0.15) is 17.2 Å². The number of para-hydroxylation sites is 1. The first-order chi connectivity index (χ1) is 23.8. The van der Waals surface area contributed by atoms with Crippen LogP contribution in [0.5, 0.6) is 17.2 Å². The van der Waals surface area contributed by atoms with E-state index in [0.29, 0.717) is 30.2 Å². The molecule has 1 atom stereocenters. The van der Waals surface area contributed by atoms with Gasteiger partial charge < -0.3 is 24.8 Å². The number of amides is 2. The molecule has 0 bridgehead atoms. The lowest BCUT2D eigenvalue weighted by atomic mass is 9.96. The summed E-state index contributed by atoms with van der Waals surface area (Å²) in [6, 6.07) is 41.1. The molecule has 1 saturated heterocycles. The topological polar surface area (TPSA) is 108 Å². The Balaban J connectivity index is 1.03. The lowest BCUT2D eigenvalue weighted by molar-refractivity contribution is -0.178. The lowest BCUT2D eigenvalue weighted by Crippen LogP contribution is -2.50. The second-order valence-electron chi connectivity index (χ2n) is 11.5. The zero-order valence-electron chi connectivity index (χ0n) is 26.4. The van der Waals surface area contributed by atoms with Crippen LogP contribution in [0.4, 0.5) is 10.1 Å². The number of carboxylic acids is 1. The molecule has 1 heterocycles. The van der Waals surface area contributed by atoms with Crippen molar-refractivity contribution in [3.63, 3.8) is 0 Å². The third-order valence-corrected chi connectivity index (χ3v) is 8.22. The number of rotatable bonds is 11. The van der Waals surface area contributed by atoms with Gasteiger partial charge in [0.15, 0.2) is 0 Å². The van der Waals surface area contributed by atoms with Crippen LogP contribution in [0.3, 0.4) is 0 Å². The number of piperazine rings is 1. The summed E-state index contributed by atoms with van der Waals surface area (Å²) >= 11 is 0. The Labute approximate surface area is 283 Å². The maximum Gasteiger partial charge on any atom is 0.425 e. The number of nitrogens with one attached hydrogen (secondary N) is 1. The maximum atomic E-state index is 15.1.